The fourth-order valence-electron chi connectivity index (χ4n) is 1.75. The van der Waals surface area contributed by atoms with Gasteiger partial charge >= 0.3 is 0 Å². The Labute approximate surface area is 122 Å². The maximum atomic E-state index is 13.1. The van der Waals surface area contributed by atoms with Gasteiger partial charge in [-0.3, -0.25) is 15.1 Å². The second-order valence-electron chi connectivity index (χ2n) is 4.40. The van der Waals surface area contributed by atoms with Crippen LogP contribution in [-0.4, -0.2) is 15.9 Å². The van der Waals surface area contributed by atoms with E-state index >= 15 is 0 Å². The lowest BCUT2D eigenvalue weighted by molar-refractivity contribution is 0.102. The summed E-state index contributed by atoms with van der Waals surface area (Å²) in [7, 11) is 0. The van der Waals surface area contributed by atoms with E-state index in [-0.39, 0.29) is 11.0 Å². The van der Waals surface area contributed by atoms with E-state index in [4.69, 9.17) is 0 Å². The molecule has 1 amide bonds. The van der Waals surface area contributed by atoms with Crippen molar-refractivity contribution in [1.29, 1.82) is 0 Å². The molecule has 106 valence electrons. The number of aryl methyl sites for hydroxylation is 1. The van der Waals surface area contributed by atoms with E-state index in [0.29, 0.717) is 15.8 Å². The number of nitrogens with one attached hydrogen (secondary N) is 1. The number of hydrogen-bond donors (Lipinski definition) is 1. The van der Waals surface area contributed by atoms with E-state index in [9.17, 15) is 13.6 Å². The van der Waals surface area contributed by atoms with E-state index in [0.717, 1.165) is 29.2 Å². The minimum absolute atomic E-state index is 0.278. The zero-order valence-corrected chi connectivity index (χ0v) is 11.7. The van der Waals surface area contributed by atoms with Crippen LogP contribution in [0.4, 0.5) is 13.9 Å². The molecule has 0 aliphatic heterocycles. The summed E-state index contributed by atoms with van der Waals surface area (Å²) >= 11 is 1.08. The summed E-state index contributed by atoms with van der Waals surface area (Å²) in [5.74, 6) is -2.28. The molecule has 0 saturated carbocycles. The molecule has 0 atom stereocenters. The van der Waals surface area contributed by atoms with Gasteiger partial charge in [0.1, 0.15) is 0 Å². The molecule has 0 aliphatic carbocycles. The van der Waals surface area contributed by atoms with Gasteiger partial charge in [0.25, 0.3) is 5.91 Å². The van der Waals surface area contributed by atoms with Crippen LogP contribution < -0.4 is 5.32 Å². The number of carbonyl (C=O) groups excluding carboxylic acids is 1. The predicted molar refractivity (Wildman–Crippen MR) is 76.5 cm³/mol. The third-order valence-corrected chi connectivity index (χ3v) is 3.76. The van der Waals surface area contributed by atoms with Gasteiger partial charge in [0.05, 0.1) is 15.8 Å². The first-order valence-corrected chi connectivity index (χ1v) is 6.84. The van der Waals surface area contributed by atoms with Gasteiger partial charge < -0.3 is 0 Å². The molecule has 0 spiro atoms. The van der Waals surface area contributed by atoms with Crippen molar-refractivity contribution in [2.24, 2.45) is 0 Å². The number of pyridine rings is 1. The Kier molecular flexibility index (Phi) is 3.34. The predicted octanol–water partition coefficient (Wildman–Crippen LogP) is 3.53. The smallest absolute Gasteiger partial charge is 0.259 e. The maximum absolute atomic E-state index is 13.1. The van der Waals surface area contributed by atoms with Gasteiger partial charge in [-0.1, -0.05) is 11.3 Å². The average Bonchev–Trinajstić information content (AvgIpc) is 2.81. The van der Waals surface area contributed by atoms with Gasteiger partial charge in [-0.05, 0) is 25.1 Å². The number of halogens is 2. The van der Waals surface area contributed by atoms with E-state index < -0.39 is 11.6 Å². The summed E-state index contributed by atoms with van der Waals surface area (Å²) in [6, 6.07) is 5.43. The molecule has 21 heavy (non-hydrogen) atoms. The van der Waals surface area contributed by atoms with Crippen molar-refractivity contribution < 1.29 is 13.6 Å². The molecule has 0 fully saturated rings. The average molecular weight is 305 g/mol. The topological polar surface area (TPSA) is 54.9 Å². The van der Waals surface area contributed by atoms with Crippen molar-refractivity contribution in [3.63, 3.8) is 0 Å². The Hall–Kier alpha value is -2.41. The minimum Gasteiger partial charge on any atom is -0.298 e. The molecular weight excluding hydrogens is 296 g/mol. The summed E-state index contributed by atoms with van der Waals surface area (Å²) < 4.78 is 26.7. The number of hydrogen-bond acceptors (Lipinski definition) is 4. The number of amides is 1. The molecule has 3 aromatic rings. The van der Waals surface area contributed by atoms with Gasteiger partial charge in [-0.15, -0.1) is 0 Å². The molecule has 2 heterocycles. The maximum Gasteiger partial charge on any atom is 0.259 e. The SMILES string of the molecule is Cc1ccc(C(=O)Nc2nc3cc(F)c(F)cc3s2)cn1. The Morgan fingerprint density at radius 1 is 1.24 bits per heavy atom. The van der Waals surface area contributed by atoms with Crippen molar-refractivity contribution in [2.75, 3.05) is 5.32 Å². The lowest BCUT2D eigenvalue weighted by Gasteiger charge is -2.00. The van der Waals surface area contributed by atoms with Crippen LogP contribution in [0.25, 0.3) is 10.2 Å². The largest absolute Gasteiger partial charge is 0.298 e. The highest BCUT2D eigenvalue weighted by Crippen LogP contribution is 2.28. The number of anilines is 1. The molecule has 1 aromatic carbocycles. The number of rotatable bonds is 2. The number of benzene rings is 1. The lowest BCUT2D eigenvalue weighted by Crippen LogP contribution is -2.11. The molecule has 3 rings (SSSR count). The summed E-state index contributed by atoms with van der Waals surface area (Å²) in [6.45, 7) is 1.82. The van der Waals surface area contributed by atoms with Crippen LogP contribution in [0.1, 0.15) is 16.1 Å². The number of nitrogens with zero attached hydrogens (tertiary/aromatic N) is 2. The highest BCUT2D eigenvalue weighted by molar-refractivity contribution is 7.22. The van der Waals surface area contributed by atoms with Crippen LogP contribution in [0.5, 0.6) is 0 Å². The summed E-state index contributed by atoms with van der Waals surface area (Å²) in [6.07, 6.45) is 1.46. The fourth-order valence-corrected chi connectivity index (χ4v) is 2.62. The summed E-state index contributed by atoms with van der Waals surface area (Å²) in [5.41, 5.74) is 1.49. The Morgan fingerprint density at radius 3 is 2.71 bits per heavy atom. The second-order valence-corrected chi connectivity index (χ2v) is 5.43. The third-order valence-electron chi connectivity index (χ3n) is 2.82. The summed E-state index contributed by atoms with van der Waals surface area (Å²) in [5, 5.41) is 2.87. The zero-order chi connectivity index (χ0) is 15.0. The second kappa shape index (κ2) is 5.17. The molecule has 0 aliphatic rings. The fraction of sp³-hybridized carbons (Fsp3) is 0.0714. The number of thiazole rings is 1. The van der Waals surface area contributed by atoms with Gasteiger partial charge in [0.15, 0.2) is 16.8 Å². The molecule has 0 saturated heterocycles. The molecule has 4 nitrogen and oxygen atoms in total. The van der Waals surface area contributed by atoms with E-state index in [1.54, 1.807) is 12.1 Å². The molecule has 7 heteroatoms. The first-order valence-electron chi connectivity index (χ1n) is 6.02. The third kappa shape index (κ3) is 2.73. The standard InChI is InChI=1S/C14H9F2N3OS/c1-7-2-3-8(6-17-7)13(20)19-14-18-11-4-9(15)10(16)5-12(11)21-14/h2-6H,1H3,(H,18,19,20). The Morgan fingerprint density at radius 2 is 2.00 bits per heavy atom. The van der Waals surface area contributed by atoms with Gasteiger partial charge in [-0.25, -0.2) is 13.8 Å². The molecular formula is C14H9F2N3OS. The van der Waals surface area contributed by atoms with Crippen molar-refractivity contribution in [3.05, 3.63) is 53.4 Å². The zero-order valence-electron chi connectivity index (χ0n) is 10.9. The van der Waals surface area contributed by atoms with Crippen molar-refractivity contribution in [3.8, 4) is 0 Å². The first-order chi connectivity index (χ1) is 10.0. The van der Waals surface area contributed by atoms with Gasteiger partial charge in [0, 0.05) is 18.0 Å². The summed E-state index contributed by atoms with van der Waals surface area (Å²) in [4.78, 5) is 20.1. The normalized spacial score (nSPS) is 10.8. The van der Waals surface area contributed by atoms with Gasteiger partial charge in [0.2, 0.25) is 0 Å². The Balaban J connectivity index is 1.87. The van der Waals surface area contributed by atoms with Crippen LogP contribution in [0, 0.1) is 18.6 Å². The van der Waals surface area contributed by atoms with E-state index in [2.05, 4.69) is 15.3 Å². The molecule has 0 bridgehead atoms. The molecule has 0 unspecified atom stereocenters. The quantitative estimate of drug-likeness (QED) is 0.788. The number of aromatic nitrogens is 2. The number of fused-ring (bicyclic) bond motifs is 1. The highest BCUT2D eigenvalue weighted by atomic mass is 32.1. The Bertz CT molecular complexity index is 791. The molecule has 1 N–H and O–H groups in total. The van der Waals surface area contributed by atoms with Crippen molar-refractivity contribution in [1.82, 2.24) is 9.97 Å². The van der Waals surface area contributed by atoms with Crippen LogP contribution in [0.3, 0.4) is 0 Å². The first kappa shape index (κ1) is 13.6. The lowest BCUT2D eigenvalue weighted by atomic mass is 10.2. The molecule has 2 aromatic heterocycles. The highest BCUT2D eigenvalue weighted by Gasteiger charge is 2.12. The number of carbonyl (C=O) groups is 1. The minimum atomic E-state index is -0.964. The molecule has 0 radical (unpaired) electrons. The van der Waals surface area contributed by atoms with Gasteiger partial charge in [-0.2, -0.15) is 0 Å². The van der Waals surface area contributed by atoms with Crippen LogP contribution >= 0.6 is 11.3 Å². The van der Waals surface area contributed by atoms with E-state index in [1.165, 1.54) is 6.20 Å². The van der Waals surface area contributed by atoms with Crippen LogP contribution in [0.15, 0.2) is 30.5 Å². The monoisotopic (exact) mass is 305 g/mol. The van der Waals surface area contributed by atoms with Crippen molar-refractivity contribution in [2.45, 2.75) is 6.92 Å². The van der Waals surface area contributed by atoms with E-state index in [1.807, 2.05) is 6.92 Å². The van der Waals surface area contributed by atoms with Crippen LogP contribution in [-0.2, 0) is 0 Å². The van der Waals surface area contributed by atoms with Crippen molar-refractivity contribution >= 4 is 32.6 Å². The van der Waals surface area contributed by atoms with Crippen LogP contribution in [0.2, 0.25) is 0 Å².